The van der Waals surface area contributed by atoms with E-state index in [-0.39, 0.29) is 6.42 Å². The number of halogens is 3. The number of carbonyl (C=O) groups excluding carboxylic acids is 3. The molecule has 1 aliphatic heterocycles. The fourth-order valence-corrected chi connectivity index (χ4v) is 4.14. The average molecular weight is 589 g/mol. The number of aromatic nitrogens is 1. The zero-order valence-electron chi connectivity index (χ0n) is 23.3. The molecule has 4 rings (SSSR count). The van der Waals surface area contributed by atoms with Crippen LogP contribution >= 0.6 is 0 Å². The number of alkyl halides is 3. The zero-order chi connectivity index (χ0) is 30.7. The van der Waals surface area contributed by atoms with Crippen molar-refractivity contribution in [1.82, 2.24) is 15.6 Å². The Labute approximate surface area is 239 Å². The third-order valence-corrected chi connectivity index (χ3v) is 6.09. The maximum atomic E-state index is 13.4. The van der Waals surface area contributed by atoms with E-state index in [1.165, 1.54) is 18.3 Å². The highest BCUT2D eigenvalue weighted by molar-refractivity contribution is 5.99. The Morgan fingerprint density at radius 2 is 1.64 bits per heavy atom. The second kappa shape index (κ2) is 12.3. The van der Waals surface area contributed by atoms with Gasteiger partial charge >= 0.3 is 12.3 Å². The summed E-state index contributed by atoms with van der Waals surface area (Å²) in [6.45, 7) is 6.53. The molecule has 3 N–H and O–H groups in total. The first-order valence-corrected chi connectivity index (χ1v) is 13.1. The van der Waals surface area contributed by atoms with E-state index >= 15 is 0 Å². The molecule has 0 aliphatic carbocycles. The van der Waals surface area contributed by atoms with Crippen molar-refractivity contribution in [3.8, 4) is 0 Å². The molecule has 0 radical (unpaired) electrons. The first kappa shape index (κ1) is 30.7. The van der Waals surface area contributed by atoms with Gasteiger partial charge in [-0.05, 0) is 57.5 Å². The highest BCUT2D eigenvalue weighted by atomic mass is 19.4. The smallest absolute Gasteiger partial charge is 0.416 e. The van der Waals surface area contributed by atoms with E-state index in [0.717, 1.165) is 17.5 Å². The summed E-state index contributed by atoms with van der Waals surface area (Å²) in [5.74, 6) is -1.50. The summed E-state index contributed by atoms with van der Waals surface area (Å²) in [6.07, 6.45) is -5.96. The number of fused-ring (bicyclic) bond motifs is 1. The molecule has 2 atom stereocenters. The number of carbonyl (C=O) groups is 3. The average Bonchev–Trinajstić information content (AvgIpc) is 2.88. The summed E-state index contributed by atoms with van der Waals surface area (Å²) in [7, 11) is 0. The number of para-hydroxylation sites is 1. The van der Waals surface area contributed by atoms with Crippen molar-refractivity contribution in [2.24, 2.45) is 0 Å². The highest BCUT2D eigenvalue weighted by Gasteiger charge is 2.42. The number of anilines is 1. The van der Waals surface area contributed by atoms with E-state index in [4.69, 9.17) is 14.2 Å². The van der Waals surface area contributed by atoms with Gasteiger partial charge in [0, 0.05) is 11.8 Å². The van der Waals surface area contributed by atoms with E-state index in [1.807, 2.05) is 18.2 Å². The number of rotatable bonds is 8. The Balaban J connectivity index is 1.56. The van der Waals surface area contributed by atoms with Crippen LogP contribution in [0.1, 0.15) is 38.8 Å². The molecule has 2 aromatic carbocycles. The number of hydrogen-bond acceptors (Lipinski definition) is 7. The summed E-state index contributed by atoms with van der Waals surface area (Å²) >= 11 is 0. The van der Waals surface area contributed by atoms with Gasteiger partial charge in [-0.1, -0.05) is 30.3 Å². The Morgan fingerprint density at radius 1 is 0.976 bits per heavy atom. The van der Waals surface area contributed by atoms with Crippen LogP contribution in [-0.4, -0.2) is 53.2 Å². The van der Waals surface area contributed by atoms with E-state index < -0.39 is 59.9 Å². The standard InChI is InChI=1S/C29H31F3N4O6/c1-16-40-26(41-16)23(36-27(39)42-28(2,3)4)25(38)35-22(13-17-9-11-19(12-10-17)29(30,31)32)24(37)34-20-14-18-7-5-6-8-21(18)33-15-20/h5-12,14-16,22-23,26H,13H2,1-4H3,(H,34,37)(H,35,38)(H,36,39)/t16?,22-,23?,26?/m0/s1. The number of pyridine rings is 1. The molecule has 0 bridgehead atoms. The maximum Gasteiger partial charge on any atom is 0.416 e. The van der Waals surface area contributed by atoms with Crippen molar-refractivity contribution in [3.63, 3.8) is 0 Å². The SMILES string of the molecule is CC1OC(C(NC(=O)OC(C)(C)C)C(=O)N[C@@H](Cc2ccc(C(F)(F)F)cc2)C(=O)Nc2cnc3ccccc3c2)O1. The van der Waals surface area contributed by atoms with Crippen molar-refractivity contribution >= 4 is 34.5 Å². The van der Waals surface area contributed by atoms with Crippen molar-refractivity contribution in [3.05, 3.63) is 71.9 Å². The molecule has 1 saturated heterocycles. The lowest BCUT2D eigenvalue weighted by molar-refractivity contribution is -0.379. The quantitative estimate of drug-likeness (QED) is 0.353. The minimum absolute atomic E-state index is 0.168. The van der Waals surface area contributed by atoms with Crippen LogP contribution in [0.3, 0.4) is 0 Å². The van der Waals surface area contributed by atoms with Gasteiger partial charge in [-0.15, -0.1) is 0 Å². The number of nitrogens with one attached hydrogen (secondary N) is 3. The highest BCUT2D eigenvalue weighted by Crippen LogP contribution is 2.29. The van der Waals surface area contributed by atoms with Gasteiger partial charge in [0.25, 0.3) is 0 Å². The molecule has 0 saturated carbocycles. The Morgan fingerprint density at radius 3 is 2.26 bits per heavy atom. The fourth-order valence-electron chi connectivity index (χ4n) is 4.14. The molecule has 224 valence electrons. The van der Waals surface area contributed by atoms with Crippen LogP contribution in [0.4, 0.5) is 23.7 Å². The number of ether oxygens (including phenoxy) is 3. The number of benzene rings is 2. The molecule has 42 heavy (non-hydrogen) atoms. The Bertz CT molecular complexity index is 1440. The lowest BCUT2D eigenvalue weighted by atomic mass is 10.0. The van der Waals surface area contributed by atoms with Crippen molar-refractivity contribution < 1.29 is 41.8 Å². The molecule has 3 amide bonds. The van der Waals surface area contributed by atoms with Crippen LogP contribution in [0.15, 0.2) is 60.8 Å². The third kappa shape index (κ3) is 8.17. The summed E-state index contributed by atoms with van der Waals surface area (Å²) in [5.41, 5.74) is -0.322. The topological polar surface area (TPSA) is 128 Å². The lowest BCUT2D eigenvalue weighted by Crippen LogP contribution is -2.62. The van der Waals surface area contributed by atoms with Crippen LogP contribution in [0.5, 0.6) is 0 Å². The van der Waals surface area contributed by atoms with Crippen LogP contribution in [0.25, 0.3) is 10.9 Å². The number of nitrogens with zero attached hydrogens (tertiary/aromatic N) is 1. The van der Waals surface area contributed by atoms with Crippen LogP contribution in [0, 0.1) is 0 Å². The monoisotopic (exact) mass is 588 g/mol. The van der Waals surface area contributed by atoms with Gasteiger partial charge in [-0.25, -0.2) is 4.79 Å². The maximum absolute atomic E-state index is 13.4. The minimum Gasteiger partial charge on any atom is -0.444 e. The number of hydrogen-bond donors (Lipinski definition) is 3. The van der Waals surface area contributed by atoms with E-state index in [2.05, 4.69) is 20.9 Å². The number of amides is 3. The van der Waals surface area contributed by atoms with Gasteiger partial charge in [0.15, 0.2) is 18.6 Å². The zero-order valence-corrected chi connectivity index (χ0v) is 23.3. The molecule has 1 aromatic heterocycles. The fraction of sp³-hybridized carbons (Fsp3) is 0.379. The Hall–Kier alpha value is -4.23. The normalized spacial score (nSPS) is 18.4. The predicted octanol–water partition coefficient (Wildman–Crippen LogP) is 4.53. The van der Waals surface area contributed by atoms with Crippen LogP contribution in [-0.2, 0) is 36.4 Å². The first-order valence-electron chi connectivity index (χ1n) is 13.1. The molecule has 0 spiro atoms. The molecule has 1 fully saturated rings. The molecule has 3 aromatic rings. The lowest BCUT2D eigenvalue weighted by Gasteiger charge is -2.38. The van der Waals surface area contributed by atoms with Crippen LogP contribution < -0.4 is 16.0 Å². The van der Waals surface area contributed by atoms with Gasteiger partial charge < -0.3 is 30.2 Å². The second-order valence-corrected chi connectivity index (χ2v) is 10.7. The van der Waals surface area contributed by atoms with E-state index in [0.29, 0.717) is 16.8 Å². The summed E-state index contributed by atoms with van der Waals surface area (Å²) in [4.78, 5) is 43.6. The van der Waals surface area contributed by atoms with E-state index in [9.17, 15) is 27.6 Å². The molecule has 10 nitrogen and oxygen atoms in total. The van der Waals surface area contributed by atoms with Crippen LogP contribution in [0.2, 0.25) is 0 Å². The molecule has 13 heteroatoms. The molecule has 1 unspecified atom stereocenters. The minimum atomic E-state index is -4.53. The van der Waals surface area contributed by atoms with Gasteiger partial charge in [-0.2, -0.15) is 13.2 Å². The van der Waals surface area contributed by atoms with Crippen molar-refractivity contribution in [2.75, 3.05) is 5.32 Å². The number of alkyl carbamates (subject to hydrolysis) is 1. The summed E-state index contributed by atoms with van der Waals surface area (Å²) in [6, 6.07) is 10.5. The first-order chi connectivity index (χ1) is 19.7. The van der Waals surface area contributed by atoms with Crippen molar-refractivity contribution in [2.45, 2.75) is 70.6 Å². The molecule has 1 aliphatic rings. The molecule has 2 heterocycles. The third-order valence-electron chi connectivity index (χ3n) is 6.09. The van der Waals surface area contributed by atoms with Crippen molar-refractivity contribution in [1.29, 1.82) is 0 Å². The molecular weight excluding hydrogens is 557 g/mol. The summed E-state index contributed by atoms with van der Waals surface area (Å²) < 4.78 is 55.3. The molecular formula is C29H31F3N4O6. The second-order valence-electron chi connectivity index (χ2n) is 10.7. The van der Waals surface area contributed by atoms with Gasteiger partial charge in [0.05, 0.1) is 23.0 Å². The Kier molecular flexibility index (Phi) is 9.02. The predicted molar refractivity (Wildman–Crippen MR) is 146 cm³/mol. The van der Waals surface area contributed by atoms with Gasteiger partial charge in [0.2, 0.25) is 11.8 Å². The van der Waals surface area contributed by atoms with Gasteiger partial charge in [-0.3, -0.25) is 14.6 Å². The largest absolute Gasteiger partial charge is 0.444 e. The van der Waals surface area contributed by atoms with Gasteiger partial charge in [0.1, 0.15) is 11.6 Å². The summed E-state index contributed by atoms with van der Waals surface area (Å²) in [5, 5.41) is 8.44. The van der Waals surface area contributed by atoms with E-state index in [1.54, 1.807) is 39.8 Å².